The van der Waals surface area contributed by atoms with Crippen LogP contribution in [0.15, 0.2) is 77.3 Å². The molecule has 0 bridgehead atoms. The molecule has 34 heavy (non-hydrogen) atoms. The lowest BCUT2D eigenvalue weighted by atomic mass is 10.2. The van der Waals surface area contributed by atoms with Crippen LogP contribution < -0.4 is 4.74 Å². The number of ether oxygens (including phenoxy) is 1. The van der Waals surface area contributed by atoms with E-state index in [0.29, 0.717) is 16.7 Å². The maximum absolute atomic E-state index is 13.2. The molecule has 2 aromatic heterocycles. The molecule has 0 spiro atoms. The third kappa shape index (κ3) is 4.88. The number of aromatic nitrogens is 3. The van der Waals surface area contributed by atoms with Crippen molar-refractivity contribution >= 4 is 29.0 Å². The number of hydrogen-bond acceptors (Lipinski definition) is 6. The van der Waals surface area contributed by atoms with Gasteiger partial charge < -0.3 is 9.64 Å². The Bertz CT molecular complexity index is 1240. The number of thiophene rings is 1. The highest BCUT2D eigenvalue weighted by Gasteiger charge is 2.30. The van der Waals surface area contributed by atoms with Crippen LogP contribution >= 0.6 is 23.1 Å². The van der Waals surface area contributed by atoms with Gasteiger partial charge in [-0.15, -0.1) is 21.5 Å². The molecule has 2 aromatic carbocycles. The van der Waals surface area contributed by atoms with Crippen molar-refractivity contribution in [1.82, 2.24) is 19.7 Å². The van der Waals surface area contributed by atoms with Crippen LogP contribution in [0.5, 0.6) is 5.75 Å². The average molecular weight is 491 g/mol. The third-order valence-electron chi connectivity index (χ3n) is 5.93. The van der Waals surface area contributed by atoms with E-state index in [1.165, 1.54) is 16.6 Å². The van der Waals surface area contributed by atoms with Crippen LogP contribution in [0.3, 0.4) is 0 Å². The lowest BCUT2D eigenvalue weighted by molar-refractivity contribution is -0.129. The van der Waals surface area contributed by atoms with E-state index >= 15 is 0 Å². The molecule has 0 radical (unpaired) electrons. The number of carbonyl (C=O) groups is 1. The third-order valence-corrected chi connectivity index (χ3v) is 7.82. The topological polar surface area (TPSA) is 60.3 Å². The fraction of sp³-hybridized carbons (Fsp3) is 0.269. The number of benzene rings is 2. The second-order valence-corrected chi connectivity index (χ2v) is 10.1. The summed E-state index contributed by atoms with van der Waals surface area (Å²) in [6.07, 6.45) is 2.07. The molecular weight excluding hydrogens is 464 g/mol. The minimum Gasteiger partial charge on any atom is -0.485 e. The Balaban J connectivity index is 1.33. The number of aryl methyl sites for hydroxylation is 1. The predicted molar refractivity (Wildman–Crippen MR) is 136 cm³/mol. The number of amides is 1. The quantitative estimate of drug-likeness (QED) is 0.298. The lowest BCUT2D eigenvalue weighted by Crippen LogP contribution is -2.31. The molecule has 3 heterocycles. The largest absolute Gasteiger partial charge is 0.485 e. The van der Waals surface area contributed by atoms with Crippen molar-refractivity contribution in [3.8, 4) is 11.4 Å². The highest BCUT2D eigenvalue weighted by molar-refractivity contribution is 7.99. The van der Waals surface area contributed by atoms with E-state index in [2.05, 4.69) is 27.7 Å². The molecule has 1 aliphatic rings. The van der Waals surface area contributed by atoms with Gasteiger partial charge in [-0.2, -0.15) is 0 Å². The molecule has 5 rings (SSSR count). The first-order valence-corrected chi connectivity index (χ1v) is 13.2. The Hall–Kier alpha value is -3.10. The first kappa shape index (κ1) is 22.7. The number of nitrogens with zero attached hydrogens (tertiary/aromatic N) is 4. The summed E-state index contributed by atoms with van der Waals surface area (Å²) in [5.41, 5.74) is 2.02. The summed E-state index contributed by atoms with van der Waals surface area (Å²) in [7, 11) is 0. The van der Waals surface area contributed by atoms with Gasteiger partial charge in [-0.3, -0.25) is 9.36 Å². The number of likely N-dealkylation sites (tertiary alicyclic amines) is 1. The van der Waals surface area contributed by atoms with Crippen molar-refractivity contribution < 1.29 is 9.53 Å². The summed E-state index contributed by atoms with van der Waals surface area (Å²) in [5, 5.41) is 11.6. The maximum atomic E-state index is 13.2. The van der Waals surface area contributed by atoms with Crippen LogP contribution in [0.25, 0.3) is 5.69 Å². The van der Waals surface area contributed by atoms with Gasteiger partial charge in [-0.05, 0) is 55.0 Å². The second kappa shape index (κ2) is 10.4. The Morgan fingerprint density at radius 2 is 1.91 bits per heavy atom. The Morgan fingerprint density at radius 1 is 1.09 bits per heavy atom. The molecule has 4 aromatic rings. The summed E-state index contributed by atoms with van der Waals surface area (Å²) in [4.78, 5) is 16.4. The fourth-order valence-corrected chi connectivity index (χ4v) is 5.97. The zero-order valence-corrected chi connectivity index (χ0v) is 20.6. The van der Waals surface area contributed by atoms with Crippen LogP contribution in [0.1, 0.15) is 35.1 Å². The van der Waals surface area contributed by atoms with Gasteiger partial charge in [0.25, 0.3) is 0 Å². The summed E-state index contributed by atoms with van der Waals surface area (Å²) >= 11 is 3.15. The first-order valence-electron chi connectivity index (χ1n) is 11.3. The van der Waals surface area contributed by atoms with Crippen LogP contribution in [0, 0.1) is 6.92 Å². The number of hydrogen-bond donors (Lipinski definition) is 0. The van der Waals surface area contributed by atoms with Gasteiger partial charge in [0.05, 0.1) is 11.8 Å². The molecule has 1 amide bonds. The van der Waals surface area contributed by atoms with Gasteiger partial charge in [0, 0.05) is 17.1 Å². The molecule has 1 atom stereocenters. The number of rotatable bonds is 8. The minimum atomic E-state index is 0.140. The second-order valence-electron chi connectivity index (χ2n) is 8.17. The summed E-state index contributed by atoms with van der Waals surface area (Å²) in [6.45, 7) is 3.11. The molecule has 1 fully saturated rings. The lowest BCUT2D eigenvalue weighted by Gasteiger charge is -2.23. The Kier molecular flexibility index (Phi) is 6.97. The van der Waals surface area contributed by atoms with Gasteiger partial charge in [-0.25, -0.2) is 0 Å². The van der Waals surface area contributed by atoms with Crippen molar-refractivity contribution in [1.29, 1.82) is 0 Å². The Morgan fingerprint density at radius 3 is 2.71 bits per heavy atom. The van der Waals surface area contributed by atoms with E-state index in [9.17, 15) is 4.79 Å². The number of thioether (sulfide) groups is 1. The van der Waals surface area contributed by atoms with Crippen LogP contribution in [0.4, 0.5) is 0 Å². The zero-order valence-electron chi connectivity index (χ0n) is 19.0. The normalized spacial score (nSPS) is 15.6. The highest BCUT2D eigenvalue weighted by Crippen LogP contribution is 2.35. The molecule has 6 nitrogen and oxygen atoms in total. The number of para-hydroxylation sites is 2. The highest BCUT2D eigenvalue weighted by atomic mass is 32.2. The molecular formula is C26H26N4O2S2. The van der Waals surface area contributed by atoms with Crippen molar-refractivity contribution in [2.75, 3.05) is 12.3 Å². The average Bonchev–Trinajstić information content (AvgIpc) is 3.63. The minimum absolute atomic E-state index is 0.140. The molecule has 1 saturated heterocycles. The first-order chi connectivity index (χ1) is 16.7. The molecule has 0 saturated carbocycles. The predicted octanol–water partition coefficient (Wildman–Crippen LogP) is 5.67. The summed E-state index contributed by atoms with van der Waals surface area (Å²) in [6, 6.07) is 22.3. The number of carbonyl (C=O) groups excluding carboxylic acids is 1. The van der Waals surface area contributed by atoms with Crippen molar-refractivity contribution in [2.24, 2.45) is 0 Å². The molecule has 0 N–H and O–H groups in total. The summed E-state index contributed by atoms with van der Waals surface area (Å²) in [5.74, 6) is 1.98. The van der Waals surface area contributed by atoms with E-state index in [4.69, 9.17) is 4.74 Å². The summed E-state index contributed by atoms with van der Waals surface area (Å²) < 4.78 is 8.04. The monoisotopic (exact) mass is 490 g/mol. The standard InChI is InChI=1S/C26H26N4O2S2/c1-19-9-5-6-13-22(19)32-17-24-27-28-26(30(24)20-10-3-2-4-11-20)34-18-25(31)29-15-7-12-21(29)23-14-8-16-33-23/h2-6,8-11,13-14,16,21H,7,12,15,17-18H2,1H3/t21-/m0/s1. The van der Waals surface area contributed by atoms with Crippen LogP contribution in [0.2, 0.25) is 0 Å². The smallest absolute Gasteiger partial charge is 0.233 e. The van der Waals surface area contributed by atoms with Crippen molar-refractivity contribution in [3.63, 3.8) is 0 Å². The van der Waals surface area contributed by atoms with E-state index in [1.54, 1.807) is 11.3 Å². The Labute approximate surface area is 207 Å². The van der Waals surface area contributed by atoms with Crippen LogP contribution in [-0.4, -0.2) is 37.9 Å². The van der Waals surface area contributed by atoms with E-state index in [0.717, 1.165) is 36.4 Å². The van der Waals surface area contributed by atoms with E-state index in [1.807, 2.05) is 71.0 Å². The van der Waals surface area contributed by atoms with Gasteiger partial charge >= 0.3 is 0 Å². The fourth-order valence-electron chi connectivity index (χ4n) is 4.24. The van der Waals surface area contributed by atoms with Gasteiger partial charge in [0.15, 0.2) is 11.0 Å². The van der Waals surface area contributed by atoms with Crippen LogP contribution in [-0.2, 0) is 11.4 Å². The zero-order chi connectivity index (χ0) is 23.3. The van der Waals surface area contributed by atoms with Gasteiger partial charge in [0.2, 0.25) is 5.91 Å². The molecule has 1 aliphatic heterocycles. The van der Waals surface area contributed by atoms with Crippen molar-refractivity contribution in [2.45, 2.75) is 37.6 Å². The molecule has 0 aliphatic carbocycles. The molecule has 0 unspecified atom stereocenters. The molecule has 8 heteroatoms. The SMILES string of the molecule is Cc1ccccc1OCc1nnc(SCC(=O)N2CCC[C@H]2c2cccs2)n1-c1ccccc1. The van der Waals surface area contributed by atoms with Gasteiger partial charge in [-0.1, -0.05) is 54.2 Å². The van der Waals surface area contributed by atoms with Crippen molar-refractivity contribution in [3.05, 3.63) is 88.4 Å². The molecule has 174 valence electrons. The van der Waals surface area contributed by atoms with E-state index < -0.39 is 0 Å². The van der Waals surface area contributed by atoms with E-state index in [-0.39, 0.29) is 18.6 Å². The maximum Gasteiger partial charge on any atom is 0.233 e. The van der Waals surface area contributed by atoms with Gasteiger partial charge in [0.1, 0.15) is 12.4 Å².